The van der Waals surface area contributed by atoms with E-state index >= 15 is 0 Å². The van der Waals surface area contributed by atoms with Crippen molar-refractivity contribution in [1.29, 1.82) is 0 Å². The summed E-state index contributed by atoms with van der Waals surface area (Å²) < 4.78 is 138. The Bertz CT molecular complexity index is 1250. The van der Waals surface area contributed by atoms with Gasteiger partial charge in [0.15, 0.2) is 19.7 Å². The van der Waals surface area contributed by atoms with E-state index in [1.807, 2.05) is 0 Å². The highest BCUT2D eigenvalue weighted by molar-refractivity contribution is 7.92. The van der Waals surface area contributed by atoms with Crippen molar-refractivity contribution in [3.05, 3.63) is 21.9 Å². The third-order valence-electron chi connectivity index (χ3n) is 7.46. The lowest BCUT2D eigenvalue weighted by atomic mass is 10.1. The van der Waals surface area contributed by atoms with Gasteiger partial charge in [0.25, 0.3) is 0 Å². The quantitative estimate of drug-likeness (QED) is 0.0955. The van der Waals surface area contributed by atoms with Gasteiger partial charge in [-0.15, -0.1) is 22.7 Å². The van der Waals surface area contributed by atoms with Gasteiger partial charge in [-0.1, -0.05) is 104 Å². The van der Waals surface area contributed by atoms with Gasteiger partial charge in [-0.05, 0) is 12.8 Å². The molecular formula is C30H44F6O4S4. The third-order valence-corrected chi connectivity index (χ3v) is 13.6. The van der Waals surface area contributed by atoms with Crippen LogP contribution in [0.5, 0.6) is 0 Å². The van der Waals surface area contributed by atoms with Crippen LogP contribution in [0.1, 0.15) is 128 Å². The number of halogens is 6. The number of hydrogen-bond donors (Lipinski definition) is 0. The molecule has 0 saturated carbocycles. The van der Waals surface area contributed by atoms with Crippen LogP contribution >= 0.6 is 22.7 Å². The van der Waals surface area contributed by atoms with Gasteiger partial charge in [0.05, 0.1) is 42.2 Å². The van der Waals surface area contributed by atoms with Gasteiger partial charge in [0.1, 0.15) is 0 Å². The average Bonchev–Trinajstić information content (AvgIpc) is 3.58. The first-order valence-electron chi connectivity index (χ1n) is 15.4. The molecule has 0 bridgehead atoms. The second kappa shape index (κ2) is 17.7. The van der Waals surface area contributed by atoms with Crippen LogP contribution < -0.4 is 0 Å². The summed E-state index contributed by atoms with van der Waals surface area (Å²) in [7, 11) is -9.22. The number of unbranched alkanes of at least 4 members (excludes halogenated alkanes) is 14. The monoisotopic (exact) mass is 710 g/mol. The van der Waals surface area contributed by atoms with Crippen LogP contribution in [0.2, 0.25) is 0 Å². The maximum atomic E-state index is 14.0. The lowest BCUT2D eigenvalue weighted by Gasteiger charge is -2.14. The SMILES string of the molecule is CCCCCCCCCCS(=O)(=O)c1c(C(F)(F)F)csc1-c1scc(C(F)(F)F)c1S(=O)(=O)CCCCCCCCCC. The molecule has 2 aromatic rings. The molecule has 0 aliphatic carbocycles. The van der Waals surface area contributed by atoms with Crippen LogP contribution in [-0.4, -0.2) is 28.3 Å². The highest BCUT2D eigenvalue weighted by Crippen LogP contribution is 2.51. The maximum absolute atomic E-state index is 14.0. The minimum absolute atomic E-state index is 0.0878. The van der Waals surface area contributed by atoms with Gasteiger partial charge < -0.3 is 0 Å². The van der Waals surface area contributed by atoms with E-state index in [1.54, 1.807) is 0 Å². The molecule has 14 heteroatoms. The fourth-order valence-electron chi connectivity index (χ4n) is 5.07. The largest absolute Gasteiger partial charge is 0.418 e. The summed E-state index contributed by atoms with van der Waals surface area (Å²) in [6.07, 6.45) is 2.44. The zero-order valence-electron chi connectivity index (χ0n) is 25.4. The van der Waals surface area contributed by atoms with Crippen LogP contribution in [-0.2, 0) is 32.0 Å². The van der Waals surface area contributed by atoms with Crippen LogP contribution in [0.15, 0.2) is 20.6 Å². The first-order valence-corrected chi connectivity index (χ1v) is 20.5. The lowest BCUT2D eigenvalue weighted by molar-refractivity contribution is -0.140. The summed E-state index contributed by atoms with van der Waals surface area (Å²) >= 11 is 0.626. The van der Waals surface area contributed by atoms with E-state index in [2.05, 4.69) is 13.8 Å². The molecule has 0 aromatic carbocycles. The van der Waals surface area contributed by atoms with Gasteiger partial charge >= 0.3 is 12.4 Å². The first-order chi connectivity index (χ1) is 20.6. The summed E-state index contributed by atoms with van der Waals surface area (Å²) in [5.41, 5.74) is -2.96. The summed E-state index contributed by atoms with van der Waals surface area (Å²) in [6.45, 7) is 4.16. The second-order valence-electron chi connectivity index (χ2n) is 11.2. The van der Waals surface area contributed by atoms with Crippen molar-refractivity contribution in [3.63, 3.8) is 0 Å². The predicted octanol–water partition coefficient (Wildman–Crippen LogP) is 11.3. The molecule has 2 aromatic heterocycles. The molecule has 0 radical (unpaired) electrons. The lowest BCUT2D eigenvalue weighted by Crippen LogP contribution is -2.16. The van der Waals surface area contributed by atoms with E-state index in [-0.39, 0.29) is 12.8 Å². The Hall–Kier alpha value is -1.12. The molecule has 0 atom stereocenters. The summed E-state index contributed by atoms with van der Waals surface area (Å²) in [6, 6.07) is 0. The van der Waals surface area contributed by atoms with Gasteiger partial charge in [0, 0.05) is 10.8 Å². The first kappa shape index (κ1) is 39.1. The molecule has 2 heterocycles. The fraction of sp³-hybridized carbons (Fsp3) is 0.733. The van der Waals surface area contributed by atoms with Crippen molar-refractivity contribution in [1.82, 2.24) is 0 Å². The molecular weight excluding hydrogens is 667 g/mol. The minimum atomic E-state index is -5.10. The molecule has 0 unspecified atom stereocenters. The van der Waals surface area contributed by atoms with E-state index in [0.717, 1.165) is 64.2 Å². The Morgan fingerprint density at radius 2 is 0.773 bits per heavy atom. The Balaban J connectivity index is 2.39. The molecule has 4 nitrogen and oxygen atoms in total. The molecule has 0 N–H and O–H groups in total. The van der Waals surface area contributed by atoms with E-state index in [1.165, 1.54) is 0 Å². The van der Waals surface area contributed by atoms with Gasteiger partial charge in [0.2, 0.25) is 0 Å². The molecule has 0 amide bonds. The van der Waals surface area contributed by atoms with Crippen LogP contribution in [0.4, 0.5) is 26.3 Å². The Labute approximate surface area is 266 Å². The Morgan fingerprint density at radius 3 is 1.05 bits per heavy atom. The van der Waals surface area contributed by atoms with Gasteiger partial charge in [-0.25, -0.2) is 16.8 Å². The number of sulfone groups is 2. The molecule has 0 spiro atoms. The maximum Gasteiger partial charge on any atom is 0.418 e. The van der Waals surface area contributed by atoms with Gasteiger partial charge in [-0.3, -0.25) is 0 Å². The molecule has 2 rings (SSSR count). The Kier molecular flexibility index (Phi) is 15.7. The predicted molar refractivity (Wildman–Crippen MR) is 167 cm³/mol. The van der Waals surface area contributed by atoms with Crippen molar-refractivity contribution in [2.45, 2.75) is 139 Å². The number of hydrogen-bond acceptors (Lipinski definition) is 6. The van der Waals surface area contributed by atoms with Crippen molar-refractivity contribution in [2.75, 3.05) is 11.5 Å². The van der Waals surface area contributed by atoms with Crippen molar-refractivity contribution >= 4 is 42.3 Å². The van der Waals surface area contributed by atoms with E-state index in [9.17, 15) is 43.2 Å². The normalized spacial score (nSPS) is 13.2. The second-order valence-corrected chi connectivity index (χ2v) is 17.0. The van der Waals surface area contributed by atoms with Crippen molar-refractivity contribution in [2.24, 2.45) is 0 Å². The van der Waals surface area contributed by atoms with Crippen LogP contribution in [0.3, 0.4) is 0 Å². The molecule has 0 saturated heterocycles. The highest BCUT2D eigenvalue weighted by atomic mass is 32.2. The summed E-state index contributed by atoms with van der Waals surface area (Å²) in [4.78, 5) is -3.46. The molecule has 0 aliphatic heterocycles. The molecule has 0 fully saturated rings. The highest BCUT2D eigenvalue weighted by Gasteiger charge is 2.44. The third kappa shape index (κ3) is 11.6. The van der Waals surface area contributed by atoms with Gasteiger partial charge in [-0.2, -0.15) is 26.3 Å². The van der Waals surface area contributed by atoms with E-state index < -0.39 is 74.2 Å². The summed E-state index contributed by atoms with van der Waals surface area (Å²) in [5, 5.41) is 1.11. The summed E-state index contributed by atoms with van der Waals surface area (Å²) in [5.74, 6) is -1.24. The average molecular weight is 711 g/mol. The standard InChI is InChI=1S/C30H44F6O4S4/c1-3-5-7-9-11-13-15-17-19-43(37,38)27-23(29(31,32)33)21-41-25(27)26-28(24(22-42-26)30(34,35)36)44(39,40)20-18-16-14-12-10-8-6-4-2/h21-22H,3-20H2,1-2H3. The Morgan fingerprint density at radius 1 is 0.500 bits per heavy atom. The minimum Gasteiger partial charge on any atom is -0.224 e. The zero-order chi connectivity index (χ0) is 33.0. The zero-order valence-corrected chi connectivity index (χ0v) is 28.7. The molecule has 44 heavy (non-hydrogen) atoms. The van der Waals surface area contributed by atoms with E-state index in [0.29, 0.717) is 59.1 Å². The smallest absolute Gasteiger partial charge is 0.224 e. The number of alkyl halides is 6. The van der Waals surface area contributed by atoms with Crippen molar-refractivity contribution < 1.29 is 43.2 Å². The van der Waals surface area contributed by atoms with Crippen LogP contribution in [0, 0.1) is 0 Å². The van der Waals surface area contributed by atoms with E-state index in [4.69, 9.17) is 0 Å². The fourth-order valence-corrected chi connectivity index (χ4v) is 11.9. The van der Waals surface area contributed by atoms with Crippen LogP contribution in [0.25, 0.3) is 9.75 Å². The number of thiophene rings is 2. The molecule has 254 valence electrons. The molecule has 0 aliphatic rings. The van der Waals surface area contributed by atoms with Crippen molar-refractivity contribution in [3.8, 4) is 9.75 Å². The number of rotatable bonds is 21. The topological polar surface area (TPSA) is 68.3 Å².